The normalized spacial score (nSPS) is 25.7. The Morgan fingerprint density at radius 1 is 1.00 bits per heavy atom. The first-order valence-electron chi connectivity index (χ1n) is 9.93. The third kappa shape index (κ3) is 5.09. The number of carbonyl (C=O) groups is 1. The summed E-state index contributed by atoms with van der Waals surface area (Å²) in [7, 11) is -3.58. The maximum Gasteiger partial charge on any atom is 0.251 e. The maximum atomic E-state index is 12.9. The lowest BCUT2D eigenvalue weighted by Gasteiger charge is -2.34. The quantitative estimate of drug-likeness (QED) is 0.797. The molecule has 0 aromatic heterocycles. The lowest BCUT2D eigenvalue weighted by atomic mass is 10.1. The van der Waals surface area contributed by atoms with Gasteiger partial charge in [-0.05, 0) is 51.0 Å². The summed E-state index contributed by atoms with van der Waals surface area (Å²) in [5.41, 5.74) is 0.502. The maximum absolute atomic E-state index is 12.9. The smallest absolute Gasteiger partial charge is 0.251 e. The Hall–Kier alpha value is -1.44. The average molecular weight is 395 g/mol. The minimum absolute atomic E-state index is 0.125. The molecule has 1 amide bonds. The van der Waals surface area contributed by atoms with Gasteiger partial charge in [-0.3, -0.25) is 4.79 Å². The monoisotopic (exact) mass is 394 g/mol. The molecule has 1 heterocycles. The van der Waals surface area contributed by atoms with E-state index in [1.165, 1.54) is 29.3 Å². The molecule has 2 unspecified atom stereocenters. The molecule has 1 saturated carbocycles. The third-order valence-corrected chi connectivity index (χ3v) is 7.18. The Morgan fingerprint density at radius 3 is 2.11 bits per heavy atom. The summed E-state index contributed by atoms with van der Waals surface area (Å²) in [6.45, 7) is 4.44. The topological polar surface area (TPSA) is 75.7 Å². The molecule has 7 heteroatoms. The number of sulfonamides is 1. The molecule has 0 radical (unpaired) electrons. The van der Waals surface area contributed by atoms with Crippen LogP contribution in [0.25, 0.3) is 0 Å². The molecule has 1 aromatic carbocycles. The van der Waals surface area contributed by atoms with Gasteiger partial charge in [0.1, 0.15) is 0 Å². The Labute approximate surface area is 162 Å². The van der Waals surface area contributed by atoms with E-state index in [0.29, 0.717) is 18.7 Å². The summed E-state index contributed by atoms with van der Waals surface area (Å²) in [5.74, 6) is -0.125. The van der Waals surface area contributed by atoms with E-state index in [1.54, 1.807) is 12.1 Å². The van der Waals surface area contributed by atoms with Crippen LogP contribution in [0.15, 0.2) is 29.2 Å². The molecule has 1 saturated heterocycles. The van der Waals surface area contributed by atoms with Crippen molar-refractivity contribution in [1.82, 2.24) is 9.62 Å². The van der Waals surface area contributed by atoms with Crippen molar-refractivity contribution in [3.63, 3.8) is 0 Å². The van der Waals surface area contributed by atoms with Crippen molar-refractivity contribution in [3.05, 3.63) is 29.8 Å². The second kappa shape index (κ2) is 8.71. The molecule has 150 valence electrons. The predicted molar refractivity (Wildman–Crippen MR) is 104 cm³/mol. The number of carbonyl (C=O) groups excluding carboxylic acids is 1. The predicted octanol–water partition coefficient (Wildman–Crippen LogP) is 2.94. The van der Waals surface area contributed by atoms with Crippen LogP contribution in [-0.4, -0.2) is 50.0 Å². The molecule has 1 aliphatic heterocycles. The van der Waals surface area contributed by atoms with Crippen LogP contribution in [0.3, 0.4) is 0 Å². The minimum atomic E-state index is -3.58. The van der Waals surface area contributed by atoms with E-state index in [0.717, 1.165) is 25.7 Å². The van der Waals surface area contributed by atoms with Crippen LogP contribution in [0.5, 0.6) is 0 Å². The van der Waals surface area contributed by atoms with E-state index >= 15 is 0 Å². The first kappa shape index (κ1) is 20.3. The third-order valence-electron chi connectivity index (χ3n) is 5.33. The van der Waals surface area contributed by atoms with Gasteiger partial charge in [-0.25, -0.2) is 8.42 Å². The fraction of sp³-hybridized carbons (Fsp3) is 0.650. The molecule has 1 aliphatic carbocycles. The van der Waals surface area contributed by atoms with Crippen molar-refractivity contribution in [3.8, 4) is 0 Å². The highest BCUT2D eigenvalue weighted by atomic mass is 32.2. The first-order valence-corrected chi connectivity index (χ1v) is 11.4. The Balaban J connectivity index is 1.67. The number of rotatable bonds is 4. The Kier molecular flexibility index (Phi) is 6.55. The molecule has 0 bridgehead atoms. The van der Waals surface area contributed by atoms with Crippen LogP contribution < -0.4 is 5.32 Å². The van der Waals surface area contributed by atoms with Crippen LogP contribution in [0.1, 0.15) is 62.7 Å². The number of amides is 1. The molecule has 0 spiro atoms. The van der Waals surface area contributed by atoms with Crippen LogP contribution in [0.4, 0.5) is 0 Å². The second-order valence-electron chi connectivity index (χ2n) is 7.77. The number of ether oxygens (including phenoxy) is 1. The summed E-state index contributed by atoms with van der Waals surface area (Å²) < 4.78 is 32.9. The van der Waals surface area contributed by atoms with E-state index in [-0.39, 0.29) is 29.1 Å². The molecular weight excluding hydrogens is 364 g/mol. The molecule has 1 N–H and O–H groups in total. The highest BCUT2D eigenvalue weighted by Crippen LogP contribution is 2.22. The first-order chi connectivity index (χ1) is 12.9. The van der Waals surface area contributed by atoms with Crippen LogP contribution in [0.2, 0.25) is 0 Å². The lowest BCUT2D eigenvalue weighted by Crippen LogP contribution is -2.48. The van der Waals surface area contributed by atoms with Gasteiger partial charge in [0.15, 0.2) is 0 Å². The molecule has 3 rings (SSSR count). The van der Waals surface area contributed by atoms with E-state index in [1.807, 2.05) is 13.8 Å². The van der Waals surface area contributed by atoms with Crippen LogP contribution in [-0.2, 0) is 14.8 Å². The lowest BCUT2D eigenvalue weighted by molar-refractivity contribution is -0.0440. The zero-order valence-electron chi connectivity index (χ0n) is 16.2. The van der Waals surface area contributed by atoms with Crippen molar-refractivity contribution in [2.24, 2.45) is 0 Å². The van der Waals surface area contributed by atoms with Gasteiger partial charge in [-0.1, -0.05) is 25.7 Å². The van der Waals surface area contributed by atoms with Crippen molar-refractivity contribution in [1.29, 1.82) is 0 Å². The van der Waals surface area contributed by atoms with Crippen molar-refractivity contribution in [2.45, 2.75) is 75.5 Å². The fourth-order valence-electron chi connectivity index (χ4n) is 3.95. The molecule has 27 heavy (non-hydrogen) atoms. The number of benzene rings is 1. The Bertz CT molecular complexity index is 730. The number of hydrogen-bond donors (Lipinski definition) is 1. The van der Waals surface area contributed by atoms with E-state index < -0.39 is 10.0 Å². The highest BCUT2D eigenvalue weighted by Gasteiger charge is 2.32. The SMILES string of the molecule is CC1CN(S(=O)(=O)c2ccc(C(=O)NC3CCCCCC3)cc2)CC(C)O1. The Morgan fingerprint density at radius 2 is 1.56 bits per heavy atom. The summed E-state index contributed by atoms with van der Waals surface area (Å²) in [6.07, 6.45) is 6.55. The highest BCUT2D eigenvalue weighted by molar-refractivity contribution is 7.89. The van der Waals surface area contributed by atoms with Gasteiger partial charge >= 0.3 is 0 Å². The molecular formula is C20H30N2O4S. The van der Waals surface area contributed by atoms with Crippen molar-refractivity contribution < 1.29 is 17.9 Å². The van der Waals surface area contributed by atoms with Gasteiger partial charge in [-0.2, -0.15) is 4.31 Å². The largest absolute Gasteiger partial charge is 0.373 e. The van der Waals surface area contributed by atoms with Crippen molar-refractivity contribution >= 4 is 15.9 Å². The van der Waals surface area contributed by atoms with Crippen molar-refractivity contribution in [2.75, 3.05) is 13.1 Å². The van der Waals surface area contributed by atoms with Gasteiger partial charge in [0, 0.05) is 24.7 Å². The van der Waals surface area contributed by atoms with Gasteiger partial charge < -0.3 is 10.1 Å². The zero-order valence-corrected chi connectivity index (χ0v) is 17.0. The second-order valence-corrected chi connectivity index (χ2v) is 9.70. The number of hydrogen-bond acceptors (Lipinski definition) is 4. The summed E-state index contributed by atoms with van der Waals surface area (Å²) in [5, 5.41) is 3.09. The van der Waals surface area contributed by atoms with Gasteiger partial charge in [0.2, 0.25) is 10.0 Å². The van der Waals surface area contributed by atoms with Gasteiger partial charge in [0.25, 0.3) is 5.91 Å². The van der Waals surface area contributed by atoms with E-state index in [4.69, 9.17) is 4.74 Å². The zero-order chi connectivity index (χ0) is 19.4. The molecule has 2 aliphatic rings. The molecule has 1 aromatic rings. The van der Waals surface area contributed by atoms with Crippen LogP contribution in [0, 0.1) is 0 Å². The van der Waals surface area contributed by atoms with Crippen LogP contribution >= 0.6 is 0 Å². The molecule has 2 fully saturated rings. The average Bonchev–Trinajstić information content (AvgIpc) is 2.89. The summed E-state index contributed by atoms with van der Waals surface area (Å²) in [4.78, 5) is 12.7. The number of nitrogens with one attached hydrogen (secondary N) is 1. The van der Waals surface area contributed by atoms with E-state index in [9.17, 15) is 13.2 Å². The van der Waals surface area contributed by atoms with Gasteiger partial charge in [-0.15, -0.1) is 0 Å². The summed E-state index contributed by atoms with van der Waals surface area (Å²) in [6, 6.07) is 6.49. The fourth-order valence-corrected chi connectivity index (χ4v) is 5.54. The molecule has 6 nitrogen and oxygen atoms in total. The number of nitrogens with zero attached hydrogens (tertiary/aromatic N) is 1. The van der Waals surface area contributed by atoms with E-state index in [2.05, 4.69) is 5.32 Å². The standard InChI is InChI=1S/C20H30N2O4S/c1-15-13-22(14-16(2)26-15)27(24,25)19-11-9-17(10-12-19)20(23)21-18-7-5-3-4-6-8-18/h9-12,15-16,18H,3-8,13-14H2,1-2H3,(H,21,23). The number of morpholine rings is 1. The van der Waals surface area contributed by atoms with Gasteiger partial charge in [0.05, 0.1) is 17.1 Å². The molecule has 2 atom stereocenters. The minimum Gasteiger partial charge on any atom is -0.373 e. The summed E-state index contributed by atoms with van der Waals surface area (Å²) >= 11 is 0.